The molecule has 4 bridgehead atoms. The summed E-state index contributed by atoms with van der Waals surface area (Å²) in [4.78, 5) is 16.4. The first-order valence-electron chi connectivity index (χ1n) is 10.3. The molecule has 28 heavy (non-hydrogen) atoms. The van der Waals surface area contributed by atoms with E-state index in [1.165, 1.54) is 0 Å². The molecular weight excluding hydrogens is 378 g/mol. The van der Waals surface area contributed by atoms with Crippen LogP contribution in [0.15, 0.2) is 17.0 Å². The van der Waals surface area contributed by atoms with Gasteiger partial charge in [-0.3, -0.25) is 4.79 Å². The quantitative estimate of drug-likeness (QED) is 0.771. The van der Waals surface area contributed by atoms with E-state index in [0.717, 1.165) is 70.1 Å². The number of carbonyl (C=O) groups excluding carboxylic acids is 1. The van der Waals surface area contributed by atoms with E-state index in [-0.39, 0.29) is 23.0 Å². The van der Waals surface area contributed by atoms with Crippen molar-refractivity contribution in [3.05, 3.63) is 17.7 Å². The van der Waals surface area contributed by atoms with Crippen molar-refractivity contribution in [3.8, 4) is 5.75 Å². The Kier molecular flexibility index (Phi) is 4.41. The first-order chi connectivity index (χ1) is 13.4. The number of anilines is 1. The number of hydrogen-bond donors (Lipinski definition) is 1. The molecule has 4 aliphatic heterocycles. The topological polar surface area (TPSA) is 92.9 Å². The lowest BCUT2D eigenvalue weighted by molar-refractivity contribution is -0.108. The fourth-order valence-electron chi connectivity index (χ4n) is 5.66. The van der Waals surface area contributed by atoms with Crippen molar-refractivity contribution in [2.75, 3.05) is 24.5 Å². The number of carbonyl (C=O) groups is 1. The molecule has 3 atom stereocenters. The molecule has 1 aliphatic carbocycles. The van der Waals surface area contributed by atoms with E-state index in [1.54, 1.807) is 17.0 Å². The number of benzene rings is 1. The Morgan fingerprint density at radius 2 is 1.96 bits per heavy atom. The normalized spacial score (nSPS) is 33.7. The highest BCUT2D eigenvalue weighted by Gasteiger charge is 2.41. The van der Waals surface area contributed by atoms with Gasteiger partial charge in [0.2, 0.25) is 16.4 Å². The van der Waals surface area contributed by atoms with Crippen LogP contribution in [0.5, 0.6) is 5.75 Å². The summed E-state index contributed by atoms with van der Waals surface area (Å²) in [6.45, 7) is 2.97. The number of fused-ring (bicyclic) bond motifs is 7. The smallest absolute Gasteiger partial charge is 0.238 e. The fourth-order valence-corrected chi connectivity index (χ4v) is 6.23. The third-order valence-corrected chi connectivity index (χ3v) is 8.01. The lowest BCUT2D eigenvalue weighted by Gasteiger charge is -2.48. The molecule has 1 aromatic rings. The number of sulfonamides is 1. The van der Waals surface area contributed by atoms with Crippen molar-refractivity contribution in [2.24, 2.45) is 11.1 Å². The number of nitrogens with two attached hydrogens (primary N) is 1. The number of hydrogen-bond acceptors (Lipinski definition) is 5. The van der Waals surface area contributed by atoms with Crippen LogP contribution in [0.25, 0.3) is 0 Å². The highest BCUT2D eigenvalue weighted by Crippen LogP contribution is 2.49. The minimum absolute atomic E-state index is 0.0465. The van der Waals surface area contributed by atoms with Gasteiger partial charge >= 0.3 is 0 Å². The van der Waals surface area contributed by atoms with Crippen LogP contribution in [0.4, 0.5) is 5.69 Å². The van der Waals surface area contributed by atoms with Crippen LogP contribution in [0.2, 0.25) is 0 Å². The largest absolute Gasteiger partial charge is 0.488 e. The molecule has 6 rings (SSSR count). The van der Waals surface area contributed by atoms with Crippen molar-refractivity contribution in [3.63, 3.8) is 0 Å². The Labute approximate surface area is 165 Å². The number of ether oxygens (including phenoxy) is 1. The minimum Gasteiger partial charge on any atom is -0.488 e. The molecule has 0 aromatic heterocycles. The van der Waals surface area contributed by atoms with Gasteiger partial charge in [0.15, 0.2) is 0 Å². The van der Waals surface area contributed by atoms with Gasteiger partial charge in [-0.15, -0.1) is 0 Å². The van der Waals surface area contributed by atoms with Crippen LogP contribution < -0.4 is 14.8 Å². The zero-order valence-electron chi connectivity index (χ0n) is 15.9. The molecule has 1 saturated carbocycles. The summed E-state index contributed by atoms with van der Waals surface area (Å²) in [7, 11) is -3.88. The van der Waals surface area contributed by atoms with Gasteiger partial charge in [0, 0.05) is 12.1 Å². The average Bonchev–Trinajstić information content (AvgIpc) is 2.69. The lowest BCUT2D eigenvalue weighted by Crippen LogP contribution is -2.57. The number of piperidine rings is 3. The molecular formula is C20H27N3O4S. The Hall–Kier alpha value is -1.64. The summed E-state index contributed by atoms with van der Waals surface area (Å²) < 4.78 is 30.7. The van der Waals surface area contributed by atoms with E-state index >= 15 is 0 Å². The van der Waals surface area contributed by atoms with E-state index in [4.69, 9.17) is 9.88 Å². The standard InChI is InChI=1S/C20H27N3O4S/c21-28(25,26)16-9-17-14-2-1-3-15(8-14)27-20(17)18(10-16)23(12-24)19-11-22-6-4-13(19)5-7-22/h9-10,12-15,19H,1-8,11H2,(H2,21,25,26). The Morgan fingerprint density at radius 1 is 1.18 bits per heavy atom. The summed E-state index contributed by atoms with van der Waals surface area (Å²) in [6.07, 6.45) is 7.13. The number of rotatable bonds is 4. The number of nitrogens with zero attached hydrogens (tertiary/aromatic N) is 2. The van der Waals surface area contributed by atoms with Gasteiger partial charge < -0.3 is 14.5 Å². The summed E-state index contributed by atoms with van der Waals surface area (Å²) >= 11 is 0. The van der Waals surface area contributed by atoms with Crippen molar-refractivity contribution in [1.82, 2.24) is 4.90 Å². The third-order valence-electron chi connectivity index (χ3n) is 7.12. The van der Waals surface area contributed by atoms with Gasteiger partial charge in [0.05, 0.1) is 22.7 Å². The second-order valence-electron chi connectivity index (χ2n) is 8.73. The molecule has 2 N–H and O–H groups in total. The van der Waals surface area contributed by atoms with E-state index in [0.29, 0.717) is 17.4 Å². The second kappa shape index (κ2) is 6.71. The number of primary sulfonamides is 1. The zero-order valence-corrected chi connectivity index (χ0v) is 16.7. The summed E-state index contributed by atoms with van der Waals surface area (Å²) in [6, 6.07) is 3.26. The Balaban J connectivity index is 1.64. The molecule has 0 radical (unpaired) electrons. The van der Waals surface area contributed by atoms with Gasteiger partial charge in [-0.1, -0.05) is 0 Å². The fraction of sp³-hybridized carbons (Fsp3) is 0.650. The van der Waals surface area contributed by atoms with Gasteiger partial charge in [-0.05, 0) is 75.6 Å². The van der Waals surface area contributed by atoms with Crippen LogP contribution >= 0.6 is 0 Å². The molecule has 3 unspecified atom stereocenters. The third kappa shape index (κ3) is 3.02. The summed E-state index contributed by atoms with van der Waals surface area (Å²) in [5.74, 6) is 1.40. The maximum absolute atomic E-state index is 12.2. The van der Waals surface area contributed by atoms with Crippen LogP contribution in [-0.2, 0) is 14.8 Å². The second-order valence-corrected chi connectivity index (χ2v) is 10.3. The van der Waals surface area contributed by atoms with E-state index in [2.05, 4.69) is 4.90 Å². The summed E-state index contributed by atoms with van der Waals surface area (Å²) in [5, 5.41) is 5.48. The molecule has 4 heterocycles. The van der Waals surface area contributed by atoms with Gasteiger partial charge in [-0.2, -0.15) is 0 Å². The van der Waals surface area contributed by atoms with Crippen LogP contribution in [-0.4, -0.2) is 51.5 Å². The Morgan fingerprint density at radius 3 is 2.61 bits per heavy atom. The SMILES string of the molecule is NS(=O)(=O)c1cc2c(c(N(C=O)C3CN4CCC3CC4)c1)OC1CCCC2C1. The molecule has 4 fully saturated rings. The molecule has 7 nitrogen and oxygen atoms in total. The predicted octanol–water partition coefficient (Wildman–Crippen LogP) is 1.81. The van der Waals surface area contributed by atoms with Crippen molar-refractivity contribution >= 4 is 22.1 Å². The van der Waals surface area contributed by atoms with E-state index in [1.807, 2.05) is 0 Å². The maximum Gasteiger partial charge on any atom is 0.238 e. The van der Waals surface area contributed by atoms with Crippen molar-refractivity contribution in [2.45, 2.75) is 61.5 Å². The lowest BCUT2D eigenvalue weighted by atomic mass is 9.79. The van der Waals surface area contributed by atoms with Crippen LogP contribution in [0.1, 0.15) is 50.0 Å². The summed E-state index contributed by atoms with van der Waals surface area (Å²) in [5.41, 5.74) is 1.47. The van der Waals surface area contributed by atoms with E-state index in [9.17, 15) is 13.2 Å². The molecule has 1 amide bonds. The van der Waals surface area contributed by atoms with Crippen LogP contribution in [0.3, 0.4) is 0 Å². The maximum atomic E-state index is 12.2. The molecule has 0 spiro atoms. The average molecular weight is 406 g/mol. The molecule has 5 aliphatic rings. The predicted molar refractivity (Wildman–Crippen MR) is 105 cm³/mol. The van der Waals surface area contributed by atoms with Gasteiger partial charge in [0.1, 0.15) is 5.75 Å². The highest BCUT2D eigenvalue weighted by atomic mass is 32.2. The first-order valence-corrected chi connectivity index (χ1v) is 11.8. The first kappa shape index (κ1) is 18.4. The minimum atomic E-state index is -3.88. The molecule has 1 aromatic carbocycles. The van der Waals surface area contributed by atoms with Crippen LogP contribution in [0, 0.1) is 5.92 Å². The molecule has 152 valence electrons. The Bertz CT molecular complexity index is 895. The monoisotopic (exact) mass is 405 g/mol. The van der Waals surface area contributed by atoms with Crippen molar-refractivity contribution < 1.29 is 17.9 Å². The van der Waals surface area contributed by atoms with Crippen molar-refractivity contribution in [1.29, 1.82) is 0 Å². The van der Waals surface area contributed by atoms with Gasteiger partial charge in [0.25, 0.3) is 0 Å². The van der Waals surface area contributed by atoms with E-state index < -0.39 is 10.0 Å². The molecule has 8 heteroatoms. The van der Waals surface area contributed by atoms with Gasteiger partial charge in [-0.25, -0.2) is 13.6 Å². The highest BCUT2D eigenvalue weighted by molar-refractivity contribution is 7.89. The zero-order chi connectivity index (χ0) is 19.5. The number of amides is 1. The molecule has 3 saturated heterocycles.